The van der Waals surface area contributed by atoms with Crippen LogP contribution < -0.4 is 5.32 Å². The Morgan fingerprint density at radius 1 is 1.53 bits per heavy atom. The van der Waals surface area contributed by atoms with E-state index in [1.165, 1.54) is 24.1 Å². The zero-order valence-corrected chi connectivity index (χ0v) is 11.6. The van der Waals surface area contributed by atoms with Crippen LogP contribution in [0.2, 0.25) is 4.34 Å². The molecule has 0 aromatic carbocycles. The van der Waals surface area contributed by atoms with Gasteiger partial charge >= 0.3 is 0 Å². The van der Waals surface area contributed by atoms with Crippen LogP contribution in [0, 0.1) is 5.92 Å². The van der Waals surface area contributed by atoms with Gasteiger partial charge in [-0.05, 0) is 37.9 Å². The largest absolute Gasteiger partial charge is 0.375 e. The summed E-state index contributed by atoms with van der Waals surface area (Å²) in [6, 6.07) is 4.58. The highest BCUT2D eigenvalue weighted by Gasteiger charge is 2.44. The van der Waals surface area contributed by atoms with E-state index in [2.05, 4.69) is 18.3 Å². The molecule has 94 valence electrons. The summed E-state index contributed by atoms with van der Waals surface area (Å²) < 4.78 is 6.85. The van der Waals surface area contributed by atoms with Gasteiger partial charge in [0.2, 0.25) is 0 Å². The van der Waals surface area contributed by atoms with E-state index in [4.69, 9.17) is 16.3 Å². The van der Waals surface area contributed by atoms with Crippen LogP contribution in [0.3, 0.4) is 0 Å². The molecule has 2 aliphatic heterocycles. The highest BCUT2D eigenvalue weighted by molar-refractivity contribution is 7.16. The SMILES string of the molecule is CCNC(c1ccc(Cl)s1)C1CC2CCC1O2. The molecule has 1 aromatic rings. The maximum Gasteiger partial charge on any atom is 0.0931 e. The molecule has 3 rings (SSSR count). The van der Waals surface area contributed by atoms with Gasteiger partial charge in [-0.2, -0.15) is 0 Å². The molecule has 0 radical (unpaired) electrons. The standard InChI is InChI=1S/C13H18ClNOS/c1-2-15-13(11-5-6-12(14)17-11)9-7-8-3-4-10(9)16-8/h5-6,8-10,13,15H,2-4,7H2,1H3. The molecule has 4 unspecified atom stereocenters. The zero-order valence-electron chi connectivity index (χ0n) is 9.99. The maximum absolute atomic E-state index is 6.05. The molecule has 0 spiro atoms. The molecule has 0 saturated carbocycles. The quantitative estimate of drug-likeness (QED) is 0.903. The van der Waals surface area contributed by atoms with Gasteiger partial charge < -0.3 is 10.1 Å². The number of rotatable bonds is 4. The third-order valence-electron chi connectivity index (χ3n) is 3.91. The van der Waals surface area contributed by atoms with Gasteiger partial charge in [-0.25, -0.2) is 0 Å². The first-order valence-electron chi connectivity index (χ1n) is 6.42. The van der Waals surface area contributed by atoms with Crippen molar-refractivity contribution >= 4 is 22.9 Å². The average molecular weight is 272 g/mol. The van der Waals surface area contributed by atoms with E-state index in [1.807, 2.05) is 6.07 Å². The topological polar surface area (TPSA) is 21.3 Å². The lowest BCUT2D eigenvalue weighted by Crippen LogP contribution is -2.33. The van der Waals surface area contributed by atoms with Crippen molar-refractivity contribution in [3.63, 3.8) is 0 Å². The lowest BCUT2D eigenvalue weighted by atomic mass is 9.83. The minimum Gasteiger partial charge on any atom is -0.375 e. The third-order valence-corrected chi connectivity index (χ3v) is 5.22. The number of halogens is 1. The van der Waals surface area contributed by atoms with Crippen LogP contribution >= 0.6 is 22.9 Å². The van der Waals surface area contributed by atoms with E-state index < -0.39 is 0 Å². The first-order chi connectivity index (χ1) is 8.28. The zero-order chi connectivity index (χ0) is 11.8. The lowest BCUT2D eigenvalue weighted by Gasteiger charge is -2.28. The summed E-state index contributed by atoms with van der Waals surface area (Å²) in [5.74, 6) is 0.628. The van der Waals surface area contributed by atoms with Gasteiger partial charge in [-0.3, -0.25) is 0 Å². The van der Waals surface area contributed by atoms with Crippen molar-refractivity contribution < 1.29 is 4.74 Å². The normalized spacial score (nSPS) is 33.2. The predicted molar refractivity (Wildman–Crippen MR) is 71.7 cm³/mol. The van der Waals surface area contributed by atoms with Gasteiger partial charge in [0.1, 0.15) is 0 Å². The Balaban J connectivity index is 1.80. The second-order valence-corrected chi connectivity index (χ2v) is 6.70. The van der Waals surface area contributed by atoms with Gasteiger partial charge in [0.05, 0.1) is 16.5 Å². The molecule has 2 aliphatic rings. The minimum atomic E-state index is 0.424. The molecule has 3 heterocycles. The highest BCUT2D eigenvalue weighted by atomic mass is 35.5. The summed E-state index contributed by atoms with van der Waals surface area (Å²) in [5, 5.41) is 3.61. The smallest absolute Gasteiger partial charge is 0.0931 e. The Bertz CT molecular complexity index is 395. The highest BCUT2D eigenvalue weighted by Crippen LogP contribution is 2.46. The lowest BCUT2D eigenvalue weighted by molar-refractivity contribution is 0.0861. The third kappa shape index (κ3) is 2.26. The van der Waals surface area contributed by atoms with Gasteiger partial charge in [-0.15, -0.1) is 11.3 Å². The number of hydrogen-bond donors (Lipinski definition) is 1. The molecule has 2 saturated heterocycles. The first-order valence-corrected chi connectivity index (χ1v) is 7.61. The Morgan fingerprint density at radius 2 is 2.41 bits per heavy atom. The van der Waals surface area contributed by atoms with Crippen LogP contribution in [0.15, 0.2) is 12.1 Å². The van der Waals surface area contributed by atoms with Gasteiger partial charge in [0.15, 0.2) is 0 Å². The van der Waals surface area contributed by atoms with Crippen molar-refractivity contribution in [2.24, 2.45) is 5.92 Å². The summed E-state index contributed by atoms with van der Waals surface area (Å²) >= 11 is 7.75. The van der Waals surface area contributed by atoms with Gasteiger partial charge in [-0.1, -0.05) is 18.5 Å². The number of thiophene rings is 1. The van der Waals surface area contributed by atoms with Crippen LogP contribution in [0.4, 0.5) is 0 Å². The number of ether oxygens (including phenoxy) is 1. The molecule has 2 bridgehead atoms. The number of hydrogen-bond acceptors (Lipinski definition) is 3. The van der Waals surface area contributed by atoms with Gasteiger partial charge in [0.25, 0.3) is 0 Å². The van der Waals surface area contributed by atoms with Crippen LogP contribution in [0.1, 0.15) is 37.1 Å². The Morgan fingerprint density at radius 3 is 2.94 bits per heavy atom. The van der Waals surface area contributed by atoms with Crippen molar-refractivity contribution in [2.45, 2.75) is 44.4 Å². The van der Waals surface area contributed by atoms with Crippen molar-refractivity contribution in [3.8, 4) is 0 Å². The molecular formula is C13H18ClNOS. The average Bonchev–Trinajstić information content (AvgIpc) is 3.01. The van der Waals surface area contributed by atoms with E-state index in [1.54, 1.807) is 11.3 Å². The first kappa shape index (κ1) is 12.0. The molecule has 2 nitrogen and oxygen atoms in total. The molecule has 1 aromatic heterocycles. The fraction of sp³-hybridized carbons (Fsp3) is 0.692. The van der Waals surface area contributed by atoms with Crippen LogP contribution in [-0.2, 0) is 4.74 Å². The van der Waals surface area contributed by atoms with Crippen molar-refractivity contribution in [1.29, 1.82) is 0 Å². The number of fused-ring (bicyclic) bond motifs is 2. The summed E-state index contributed by atoms with van der Waals surface area (Å²) in [7, 11) is 0. The van der Waals surface area contributed by atoms with E-state index >= 15 is 0 Å². The predicted octanol–water partition coefficient (Wildman–Crippen LogP) is 3.62. The second kappa shape index (κ2) is 4.88. The van der Waals surface area contributed by atoms with E-state index in [0.29, 0.717) is 24.2 Å². The summed E-state index contributed by atoms with van der Waals surface area (Å²) in [6.07, 6.45) is 4.67. The minimum absolute atomic E-state index is 0.424. The van der Waals surface area contributed by atoms with Crippen LogP contribution in [-0.4, -0.2) is 18.8 Å². The Labute approximate surface area is 111 Å². The fourth-order valence-corrected chi connectivity index (χ4v) is 4.42. The molecule has 17 heavy (non-hydrogen) atoms. The second-order valence-electron chi connectivity index (χ2n) is 4.95. The van der Waals surface area contributed by atoms with E-state index in [-0.39, 0.29) is 0 Å². The van der Waals surface area contributed by atoms with Gasteiger partial charge in [0, 0.05) is 16.8 Å². The molecular weight excluding hydrogens is 254 g/mol. The maximum atomic E-state index is 6.05. The van der Waals surface area contributed by atoms with E-state index in [9.17, 15) is 0 Å². The molecule has 0 amide bonds. The van der Waals surface area contributed by atoms with Crippen LogP contribution in [0.25, 0.3) is 0 Å². The number of nitrogens with one attached hydrogen (secondary N) is 1. The molecule has 4 atom stereocenters. The molecule has 2 fully saturated rings. The Hall–Kier alpha value is -0.0900. The molecule has 0 aliphatic carbocycles. The summed E-state index contributed by atoms with van der Waals surface area (Å²) in [5.41, 5.74) is 0. The molecule has 1 N–H and O–H groups in total. The van der Waals surface area contributed by atoms with Crippen molar-refractivity contribution in [1.82, 2.24) is 5.32 Å². The summed E-state index contributed by atoms with van der Waals surface area (Å²) in [4.78, 5) is 1.36. The Kier molecular flexibility index (Phi) is 3.44. The summed E-state index contributed by atoms with van der Waals surface area (Å²) in [6.45, 7) is 3.16. The van der Waals surface area contributed by atoms with E-state index in [0.717, 1.165) is 10.9 Å². The molecule has 4 heteroatoms. The van der Waals surface area contributed by atoms with Crippen molar-refractivity contribution in [2.75, 3.05) is 6.54 Å². The van der Waals surface area contributed by atoms with Crippen molar-refractivity contribution in [3.05, 3.63) is 21.3 Å². The van der Waals surface area contributed by atoms with Crippen LogP contribution in [0.5, 0.6) is 0 Å². The monoisotopic (exact) mass is 271 g/mol. The fourth-order valence-electron chi connectivity index (χ4n) is 3.21.